The van der Waals surface area contributed by atoms with E-state index in [1.807, 2.05) is 6.08 Å². The standard InChI is InChI=1S/C45H71O9P/c1-3-5-7-9-11-13-14-15-16-17-18-19-20-21-22-24-26-28-34-38-45(47)53-41(40-52-55(48,49)50)39-51-44(46)37-33-30-29-32-36-43-42(54-43)35-31-27-25-23-12-10-8-6-4-2/h5,7,11-13,15-16,18-19,21-23,27,29,31-32,41-43H,3-4,6,8-10,14,17,20,24-26,28,30,33-40H2,1-2H3,(H2,48,49,50)/b7-5-,13-11-,16-15-,19-18-,22-21-,23-12-,31-27-,32-29-/t41-,42?,43?/m1/s1. The van der Waals surface area contributed by atoms with Crippen molar-refractivity contribution in [2.24, 2.45) is 0 Å². The van der Waals surface area contributed by atoms with Crippen LogP contribution >= 0.6 is 7.82 Å². The molecule has 0 aromatic heterocycles. The molecule has 1 aliphatic rings. The van der Waals surface area contributed by atoms with Gasteiger partial charge >= 0.3 is 19.8 Å². The van der Waals surface area contributed by atoms with E-state index in [2.05, 4.69) is 110 Å². The van der Waals surface area contributed by atoms with Crippen molar-refractivity contribution in [2.75, 3.05) is 13.2 Å². The highest BCUT2D eigenvalue weighted by Crippen LogP contribution is 2.36. The van der Waals surface area contributed by atoms with Gasteiger partial charge in [0.2, 0.25) is 0 Å². The Morgan fingerprint density at radius 1 is 0.582 bits per heavy atom. The zero-order valence-corrected chi connectivity index (χ0v) is 34.6. The van der Waals surface area contributed by atoms with E-state index in [1.165, 1.54) is 19.3 Å². The van der Waals surface area contributed by atoms with Crippen LogP contribution in [-0.2, 0) is 32.9 Å². The Morgan fingerprint density at radius 2 is 1.05 bits per heavy atom. The molecule has 2 unspecified atom stereocenters. The Hall–Kier alpha value is -3.07. The van der Waals surface area contributed by atoms with Crippen LogP contribution < -0.4 is 0 Å². The van der Waals surface area contributed by atoms with Crippen LogP contribution in [0.2, 0.25) is 0 Å². The molecule has 0 aliphatic carbocycles. The number of phosphoric ester groups is 1. The summed E-state index contributed by atoms with van der Waals surface area (Å²) in [6.07, 6.45) is 51.5. The molecular formula is C45H71O9P. The van der Waals surface area contributed by atoms with Crippen molar-refractivity contribution < 1.29 is 42.7 Å². The summed E-state index contributed by atoms with van der Waals surface area (Å²) in [5.74, 6) is -1.01. The van der Waals surface area contributed by atoms with Gasteiger partial charge in [-0.1, -0.05) is 130 Å². The van der Waals surface area contributed by atoms with Crippen LogP contribution in [0.5, 0.6) is 0 Å². The van der Waals surface area contributed by atoms with E-state index in [0.717, 1.165) is 77.0 Å². The maximum Gasteiger partial charge on any atom is 0.469 e. The van der Waals surface area contributed by atoms with Crippen LogP contribution in [-0.4, -0.2) is 53.3 Å². The molecule has 0 saturated carbocycles. The number of carbonyl (C=O) groups is 2. The van der Waals surface area contributed by atoms with Gasteiger partial charge < -0.3 is 24.0 Å². The third kappa shape index (κ3) is 35.1. The van der Waals surface area contributed by atoms with Gasteiger partial charge in [-0.25, -0.2) is 4.57 Å². The fourth-order valence-corrected chi connectivity index (χ4v) is 5.67. The lowest BCUT2D eigenvalue weighted by Gasteiger charge is -2.18. The van der Waals surface area contributed by atoms with Gasteiger partial charge in [0, 0.05) is 12.8 Å². The van der Waals surface area contributed by atoms with Crippen molar-refractivity contribution in [2.45, 2.75) is 161 Å². The topological polar surface area (TPSA) is 132 Å². The lowest BCUT2D eigenvalue weighted by molar-refractivity contribution is -0.161. The van der Waals surface area contributed by atoms with E-state index in [-0.39, 0.29) is 31.7 Å². The summed E-state index contributed by atoms with van der Waals surface area (Å²) >= 11 is 0. The summed E-state index contributed by atoms with van der Waals surface area (Å²) in [5.41, 5.74) is 0. The van der Waals surface area contributed by atoms with E-state index in [1.54, 1.807) is 0 Å². The van der Waals surface area contributed by atoms with E-state index in [9.17, 15) is 14.2 Å². The number of hydrogen-bond acceptors (Lipinski definition) is 7. The predicted molar refractivity (Wildman–Crippen MR) is 224 cm³/mol. The average molecular weight is 787 g/mol. The molecular weight excluding hydrogens is 715 g/mol. The number of unbranched alkanes of at least 4 members (excludes halogenated alkanes) is 7. The number of phosphoric acid groups is 1. The Labute approximate surface area is 332 Å². The number of allylic oxidation sites excluding steroid dienone is 14. The first-order valence-electron chi connectivity index (χ1n) is 20.7. The summed E-state index contributed by atoms with van der Waals surface area (Å²) < 4.78 is 32.1. The van der Waals surface area contributed by atoms with Gasteiger partial charge in [-0.3, -0.25) is 14.1 Å². The maximum atomic E-state index is 12.4. The highest BCUT2D eigenvalue weighted by molar-refractivity contribution is 7.46. The zero-order chi connectivity index (χ0) is 40.1. The van der Waals surface area contributed by atoms with E-state index in [0.29, 0.717) is 19.3 Å². The van der Waals surface area contributed by atoms with Crippen molar-refractivity contribution in [3.05, 3.63) is 97.2 Å². The second kappa shape index (κ2) is 35.4. The molecule has 310 valence electrons. The smallest absolute Gasteiger partial charge is 0.462 e. The SMILES string of the molecule is CC/C=C\C/C=C\C/C=C\C/C=C\C/C=C\CCCCCC(=O)O[C@H](COC(=O)CCC/C=C\CC1OC1C/C=C\C/C=C\CCCCC)COP(=O)(O)O. The van der Waals surface area contributed by atoms with Crippen molar-refractivity contribution in [1.82, 2.24) is 0 Å². The minimum Gasteiger partial charge on any atom is -0.462 e. The number of epoxide rings is 1. The van der Waals surface area contributed by atoms with Gasteiger partial charge in [0.25, 0.3) is 0 Å². The first kappa shape index (κ1) is 49.9. The normalized spacial score (nSPS) is 17.2. The van der Waals surface area contributed by atoms with Gasteiger partial charge in [-0.05, 0) is 96.3 Å². The summed E-state index contributed by atoms with van der Waals surface area (Å²) in [6.45, 7) is 3.44. The maximum absolute atomic E-state index is 12.4. The van der Waals surface area contributed by atoms with Gasteiger partial charge in [0.05, 0.1) is 18.8 Å². The molecule has 0 amide bonds. The van der Waals surface area contributed by atoms with Crippen LogP contribution in [0.15, 0.2) is 97.2 Å². The van der Waals surface area contributed by atoms with Crippen molar-refractivity contribution in [3.63, 3.8) is 0 Å². The fourth-order valence-electron chi connectivity index (χ4n) is 5.31. The molecule has 0 aromatic rings. The molecule has 1 heterocycles. The molecule has 1 saturated heterocycles. The van der Waals surface area contributed by atoms with Gasteiger partial charge in [-0.15, -0.1) is 0 Å². The minimum absolute atomic E-state index is 0.151. The third-order valence-corrected chi connectivity index (χ3v) is 8.97. The lowest BCUT2D eigenvalue weighted by Crippen LogP contribution is -2.29. The molecule has 2 N–H and O–H groups in total. The molecule has 55 heavy (non-hydrogen) atoms. The molecule has 3 atom stereocenters. The second-order valence-electron chi connectivity index (χ2n) is 13.6. The average Bonchev–Trinajstić information content (AvgIpc) is 3.91. The van der Waals surface area contributed by atoms with Crippen LogP contribution in [0.4, 0.5) is 0 Å². The summed E-state index contributed by atoms with van der Waals surface area (Å²) in [6, 6.07) is 0. The van der Waals surface area contributed by atoms with Crippen LogP contribution in [0.3, 0.4) is 0 Å². The number of rotatable bonds is 35. The largest absolute Gasteiger partial charge is 0.469 e. The van der Waals surface area contributed by atoms with E-state index in [4.69, 9.17) is 24.0 Å². The summed E-state index contributed by atoms with van der Waals surface area (Å²) in [7, 11) is -4.79. The highest BCUT2D eigenvalue weighted by atomic mass is 31.2. The summed E-state index contributed by atoms with van der Waals surface area (Å²) in [5, 5.41) is 0. The van der Waals surface area contributed by atoms with E-state index < -0.39 is 32.5 Å². The molecule has 0 bridgehead atoms. The fraction of sp³-hybridized carbons (Fsp3) is 0.600. The van der Waals surface area contributed by atoms with Crippen LogP contribution in [0.25, 0.3) is 0 Å². The lowest BCUT2D eigenvalue weighted by atomic mass is 10.1. The molecule has 0 radical (unpaired) electrons. The molecule has 0 aromatic carbocycles. The summed E-state index contributed by atoms with van der Waals surface area (Å²) in [4.78, 5) is 42.9. The van der Waals surface area contributed by atoms with Gasteiger partial charge in [0.15, 0.2) is 6.10 Å². The molecule has 1 rings (SSSR count). The number of carbonyl (C=O) groups excluding carboxylic acids is 2. The van der Waals surface area contributed by atoms with Crippen molar-refractivity contribution >= 4 is 19.8 Å². The van der Waals surface area contributed by atoms with E-state index >= 15 is 0 Å². The zero-order valence-electron chi connectivity index (χ0n) is 33.7. The Morgan fingerprint density at radius 3 is 1.62 bits per heavy atom. The van der Waals surface area contributed by atoms with Crippen molar-refractivity contribution in [1.29, 1.82) is 0 Å². The Balaban J connectivity index is 2.16. The molecule has 1 aliphatic heterocycles. The minimum atomic E-state index is -4.79. The highest BCUT2D eigenvalue weighted by Gasteiger charge is 2.36. The molecule has 0 spiro atoms. The Kier molecular flexibility index (Phi) is 32.1. The first-order valence-corrected chi connectivity index (χ1v) is 22.2. The van der Waals surface area contributed by atoms with Gasteiger partial charge in [0.1, 0.15) is 6.61 Å². The second-order valence-corrected chi connectivity index (χ2v) is 14.9. The molecule has 1 fully saturated rings. The first-order chi connectivity index (χ1) is 26.7. The molecule has 10 heteroatoms. The van der Waals surface area contributed by atoms with Crippen molar-refractivity contribution in [3.8, 4) is 0 Å². The number of ether oxygens (including phenoxy) is 3. The number of hydrogen-bond donors (Lipinski definition) is 2. The van der Waals surface area contributed by atoms with Gasteiger partial charge in [-0.2, -0.15) is 0 Å². The predicted octanol–water partition coefficient (Wildman–Crippen LogP) is 11.6. The number of esters is 2. The monoisotopic (exact) mass is 786 g/mol. The molecule has 9 nitrogen and oxygen atoms in total. The quantitative estimate of drug-likeness (QED) is 0.0212. The van der Waals surface area contributed by atoms with Crippen LogP contribution in [0, 0.1) is 0 Å². The Bertz CT molecular complexity index is 1270. The third-order valence-electron chi connectivity index (χ3n) is 8.49. The van der Waals surface area contributed by atoms with Crippen LogP contribution in [0.1, 0.15) is 142 Å².